The van der Waals surface area contributed by atoms with Gasteiger partial charge in [0.05, 0.1) is 17.3 Å². The van der Waals surface area contributed by atoms with E-state index in [1.807, 2.05) is 30.3 Å². The molecule has 0 radical (unpaired) electrons. The van der Waals surface area contributed by atoms with Crippen molar-refractivity contribution in [1.29, 1.82) is 0 Å². The van der Waals surface area contributed by atoms with Gasteiger partial charge in [0, 0.05) is 39.4 Å². The average Bonchev–Trinajstić information content (AvgIpc) is 3.28. The maximum Gasteiger partial charge on any atom is 0.258 e. The van der Waals surface area contributed by atoms with Crippen LogP contribution < -0.4 is 5.56 Å². The molecule has 0 saturated heterocycles. The number of nitrogens with zero attached hydrogens (tertiary/aromatic N) is 2. The maximum atomic E-state index is 14.8. The highest BCUT2D eigenvalue weighted by molar-refractivity contribution is 6.31. The molecular weight excluding hydrogens is 465 g/mol. The highest BCUT2D eigenvalue weighted by Crippen LogP contribution is 2.38. The number of fused-ring (bicyclic) bond motifs is 1. The number of pyridine rings is 1. The van der Waals surface area contributed by atoms with Crippen LogP contribution in [0.3, 0.4) is 0 Å². The number of aromatic nitrogens is 1. The number of hydrogen-bond donors (Lipinski definition) is 1. The van der Waals surface area contributed by atoms with Crippen LogP contribution in [0.15, 0.2) is 82.7 Å². The van der Waals surface area contributed by atoms with E-state index in [0.717, 1.165) is 10.9 Å². The van der Waals surface area contributed by atoms with Gasteiger partial charge in [-0.05, 0) is 29.8 Å². The second-order valence-corrected chi connectivity index (χ2v) is 9.32. The molecule has 176 valence electrons. The van der Waals surface area contributed by atoms with Crippen LogP contribution in [0.5, 0.6) is 0 Å². The van der Waals surface area contributed by atoms with Crippen LogP contribution >= 0.6 is 11.6 Å². The summed E-state index contributed by atoms with van der Waals surface area (Å²) in [7, 11) is 0. The van der Waals surface area contributed by atoms with Crippen LogP contribution in [0.1, 0.15) is 37.4 Å². The fraction of sp³-hybridized carbons (Fsp3) is 0.179. The van der Waals surface area contributed by atoms with Crippen molar-refractivity contribution in [2.45, 2.75) is 26.3 Å². The number of halogens is 2. The van der Waals surface area contributed by atoms with Gasteiger partial charge in [-0.3, -0.25) is 9.59 Å². The molecule has 1 N–H and O–H groups in total. The Morgan fingerprint density at radius 3 is 2.49 bits per heavy atom. The van der Waals surface area contributed by atoms with Crippen LogP contribution in [-0.2, 0) is 4.79 Å². The van der Waals surface area contributed by atoms with Crippen molar-refractivity contribution in [2.24, 2.45) is 11.0 Å². The zero-order chi connectivity index (χ0) is 24.7. The zero-order valence-electron chi connectivity index (χ0n) is 19.3. The van der Waals surface area contributed by atoms with Gasteiger partial charge in [0.1, 0.15) is 5.82 Å². The van der Waals surface area contributed by atoms with E-state index in [2.05, 4.69) is 10.1 Å². The quantitative estimate of drug-likeness (QED) is 0.366. The molecule has 5 rings (SSSR count). The summed E-state index contributed by atoms with van der Waals surface area (Å²) >= 11 is 6.33. The number of carbonyl (C=O) groups is 1. The van der Waals surface area contributed by atoms with E-state index in [9.17, 15) is 14.0 Å². The minimum absolute atomic E-state index is 0.203. The Morgan fingerprint density at radius 1 is 1.06 bits per heavy atom. The molecule has 0 fully saturated rings. The van der Waals surface area contributed by atoms with Gasteiger partial charge in [0.15, 0.2) is 0 Å². The van der Waals surface area contributed by atoms with Gasteiger partial charge < -0.3 is 4.98 Å². The van der Waals surface area contributed by atoms with E-state index >= 15 is 0 Å². The van der Waals surface area contributed by atoms with Crippen molar-refractivity contribution in [3.63, 3.8) is 0 Å². The maximum absolute atomic E-state index is 14.8. The minimum Gasteiger partial charge on any atom is -0.321 e. The largest absolute Gasteiger partial charge is 0.321 e. The van der Waals surface area contributed by atoms with Crippen molar-refractivity contribution in [1.82, 2.24) is 9.99 Å². The van der Waals surface area contributed by atoms with Gasteiger partial charge >= 0.3 is 0 Å². The number of carbonyl (C=O) groups excluding carboxylic acids is 1. The molecule has 4 aromatic rings. The molecule has 0 aliphatic carbocycles. The van der Waals surface area contributed by atoms with Gasteiger partial charge in [-0.2, -0.15) is 5.10 Å². The molecule has 1 atom stereocenters. The van der Waals surface area contributed by atoms with Crippen molar-refractivity contribution in [3.8, 4) is 11.1 Å². The summed E-state index contributed by atoms with van der Waals surface area (Å²) in [6.45, 7) is 3.54. The molecule has 1 aliphatic heterocycles. The van der Waals surface area contributed by atoms with E-state index < -0.39 is 11.9 Å². The molecule has 0 bridgehead atoms. The lowest BCUT2D eigenvalue weighted by Crippen LogP contribution is -2.31. The molecule has 0 saturated carbocycles. The minimum atomic E-state index is -0.654. The SMILES string of the molecule is CC(C)C(=O)N1N=C(c2c(-c3ccccc3)c3cc(Cl)ccc3[nH]c2=O)C[C@H]1c1ccccc1F. The third kappa shape index (κ3) is 4.15. The summed E-state index contributed by atoms with van der Waals surface area (Å²) in [5, 5.41) is 7.25. The van der Waals surface area contributed by atoms with E-state index in [0.29, 0.717) is 32.9 Å². The lowest BCUT2D eigenvalue weighted by molar-refractivity contribution is -0.136. The number of aromatic amines is 1. The highest BCUT2D eigenvalue weighted by atomic mass is 35.5. The standard InChI is InChI=1S/C28H23ClFN3O2/c1-16(2)28(35)33-24(19-10-6-7-11-21(19)30)15-23(32-33)26-25(17-8-4-3-5-9-17)20-14-18(29)12-13-22(20)31-27(26)34/h3-14,16,24H,15H2,1-2H3,(H,31,34)/t24-/m0/s1. The molecular formula is C28H23ClFN3O2. The fourth-order valence-electron chi connectivity index (χ4n) is 4.56. The Kier molecular flexibility index (Phi) is 5.99. The van der Waals surface area contributed by atoms with Gasteiger partial charge in [0.25, 0.3) is 5.56 Å². The summed E-state index contributed by atoms with van der Waals surface area (Å²) in [5.74, 6) is -1.01. The number of amides is 1. The normalized spacial score (nSPS) is 15.6. The van der Waals surface area contributed by atoms with Gasteiger partial charge in [0.2, 0.25) is 5.91 Å². The van der Waals surface area contributed by atoms with E-state index in [1.165, 1.54) is 11.1 Å². The molecule has 7 heteroatoms. The average molecular weight is 488 g/mol. The Labute approximate surface area is 206 Å². The smallest absolute Gasteiger partial charge is 0.258 e. The summed E-state index contributed by atoms with van der Waals surface area (Å²) in [4.78, 5) is 29.5. The van der Waals surface area contributed by atoms with E-state index in [4.69, 9.17) is 11.6 Å². The van der Waals surface area contributed by atoms with Crippen LogP contribution in [0, 0.1) is 11.7 Å². The first-order valence-corrected chi connectivity index (χ1v) is 11.8. The molecule has 2 heterocycles. The van der Waals surface area contributed by atoms with Crippen LogP contribution in [0.4, 0.5) is 4.39 Å². The topological polar surface area (TPSA) is 65.5 Å². The predicted octanol–water partition coefficient (Wildman–Crippen LogP) is 6.32. The lowest BCUT2D eigenvalue weighted by Gasteiger charge is -2.23. The van der Waals surface area contributed by atoms with E-state index in [1.54, 1.807) is 50.2 Å². The Balaban J connectivity index is 1.76. The summed E-state index contributed by atoms with van der Waals surface area (Å²) in [6, 6.07) is 20.5. The highest BCUT2D eigenvalue weighted by Gasteiger charge is 2.37. The first-order valence-electron chi connectivity index (χ1n) is 11.4. The second-order valence-electron chi connectivity index (χ2n) is 8.89. The first-order chi connectivity index (χ1) is 16.8. The van der Waals surface area contributed by atoms with E-state index in [-0.39, 0.29) is 23.8 Å². The van der Waals surface area contributed by atoms with Gasteiger partial charge in [-0.25, -0.2) is 9.40 Å². The molecule has 0 unspecified atom stereocenters. The molecule has 0 spiro atoms. The summed E-state index contributed by atoms with van der Waals surface area (Å²) in [6.07, 6.45) is 0.203. The van der Waals surface area contributed by atoms with Crippen LogP contribution in [-0.4, -0.2) is 21.6 Å². The Bertz CT molecular complexity index is 1530. The van der Waals surface area contributed by atoms with Crippen molar-refractivity contribution in [2.75, 3.05) is 0 Å². The molecule has 35 heavy (non-hydrogen) atoms. The number of H-pyrrole nitrogens is 1. The molecule has 5 nitrogen and oxygen atoms in total. The van der Waals surface area contributed by atoms with Crippen molar-refractivity contribution < 1.29 is 9.18 Å². The predicted molar refractivity (Wildman–Crippen MR) is 137 cm³/mol. The Morgan fingerprint density at radius 2 is 1.77 bits per heavy atom. The first kappa shape index (κ1) is 23.0. The second kappa shape index (κ2) is 9.12. The lowest BCUT2D eigenvalue weighted by atomic mass is 9.91. The molecule has 1 aliphatic rings. The monoisotopic (exact) mass is 487 g/mol. The molecule has 1 aromatic heterocycles. The summed E-state index contributed by atoms with van der Waals surface area (Å²) < 4.78 is 14.8. The van der Waals surface area contributed by atoms with Crippen molar-refractivity contribution in [3.05, 3.63) is 105 Å². The third-order valence-corrected chi connectivity index (χ3v) is 6.46. The number of hydrogen-bond acceptors (Lipinski definition) is 3. The third-order valence-electron chi connectivity index (χ3n) is 6.22. The Hall–Kier alpha value is -3.77. The van der Waals surface area contributed by atoms with Crippen LogP contribution in [0.25, 0.3) is 22.0 Å². The zero-order valence-corrected chi connectivity index (χ0v) is 20.0. The molecule has 3 aromatic carbocycles. The fourth-order valence-corrected chi connectivity index (χ4v) is 4.73. The number of benzene rings is 3. The number of hydrazone groups is 1. The summed E-state index contributed by atoms with van der Waals surface area (Å²) in [5.41, 5.74) is 2.95. The number of rotatable bonds is 4. The van der Waals surface area contributed by atoms with Crippen molar-refractivity contribution >= 4 is 34.1 Å². The van der Waals surface area contributed by atoms with Gasteiger partial charge in [-0.15, -0.1) is 0 Å². The van der Waals surface area contributed by atoms with Gasteiger partial charge in [-0.1, -0.05) is 74.0 Å². The van der Waals surface area contributed by atoms with Crippen LogP contribution in [0.2, 0.25) is 5.02 Å². The number of nitrogens with one attached hydrogen (secondary N) is 1. The molecule has 1 amide bonds.